The van der Waals surface area contributed by atoms with Crippen LogP contribution >= 0.6 is 23.7 Å². The highest BCUT2D eigenvalue weighted by Gasteiger charge is 2.14. The number of nitro benzene ring substituents is 1. The molecule has 2 aromatic carbocycles. The number of hydrogen-bond donors (Lipinski definition) is 2. The van der Waals surface area contributed by atoms with Crippen LogP contribution < -0.4 is 10.0 Å². The second kappa shape index (κ2) is 15.7. The fourth-order valence-electron chi connectivity index (χ4n) is 3.29. The molecular formula is C24H33N3O3S2. The maximum Gasteiger partial charge on any atom is 0.269 e. The number of carbonyl (C=O) groups is 1. The number of non-ortho nitro benzene ring substituents is 1. The van der Waals surface area contributed by atoms with E-state index in [1.54, 1.807) is 23.9 Å². The average molecular weight is 476 g/mol. The molecule has 2 N–H and O–H groups in total. The molecule has 0 unspecified atom stereocenters. The average Bonchev–Trinajstić information content (AvgIpc) is 3.06. The number of amides is 1. The van der Waals surface area contributed by atoms with Crippen LogP contribution in [0.4, 0.5) is 5.69 Å². The van der Waals surface area contributed by atoms with Crippen LogP contribution in [-0.2, 0) is 4.79 Å². The lowest BCUT2D eigenvalue weighted by Crippen LogP contribution is -2.34. The van der Waals surface area contributed by atoms with E-state index >= 15 is 0 Å². The molecule has 8 heteroatoms. The minimum atomic E-state index is -0.405. The molecule has 1 aliphatic rings. The van der Waals surface area contributed by atoms with Gasteiger partial charge in [-0.05, 0) is 43.8 Å². The van der Waals surface area contributed by atoms with Crippen molar-refractivity contribution >= 4 is 35.3 Å². The summed E-state index contributed by atoms with van der Waals surface area (Å²) in [4.78, 5) is 23.1. The third-order valence-electron chi connectivity index (χ3n) is 5.03. The highest BCUT2D eigenvalue weighted by molar-refractivity contribution is 8.01. The normalized spacial score (nSPS) is 14.0. The molecule has 1 amide bonds. The van der Waals surface area contributed by atoms with Crippen molar-refractivity contribution in [3.8, 4) is 0 Å². The van der Waals surface area contributed by atoms with E-state index < -0.39 is 4.92 Å². The number of carbonyl (C=O) groups excluding carboxylic acids is 1. The van der Waals surface area contributed by atoms with Crippen molar-refractivity contribution in [2.24, 2.45) is 0 Å². The number of hydrogen-bond acceptors (Lipinski definition) is 6. The molecule has 0 saturated heterocycles. The zero-order valence-corrected chi connectivity index (χ0v) is 20.3. The van der Waals surface area contributed by atoms with Gasteiger partial charge in [-0.2, -0.15) is 0 Å². The predicted octanol–water partition coefficient (Wildman–Crippen LogP) is 6.11. The molecule has 6 nitrogen and oxygen atoms in total. The molecule has 0 bridgehead atoms. The molecule has 174 valence electrons. The first-order valence-electron chi connectivity index (χ1n) is 11.1. The Bertz CT molecular complexity index is 796. The summed E-state index contributed by atoms with van der Waals surface area (Å²) in [6, 6.07) is 17.1. The molecule has 0 heterocycles. The topological polar surface area (TPSA) is 84.3 Å². The Labute approximate surface area is 199 Å². The summed E-state index contributed by atoms with van der Waals surface area (Å²) >= 11 is 3.11. The van der Waals surface area contributed by atoms with Crippen LogP contribution in [0, 0.1) is 17.0 Å². The van der Waals surface area contributed by atoms with Crippen molar-refractivity contribution in [2.75, 3.05) is 11.6 Å². The van der Waals surface area contributed by atoms with E-state index in [9.17, 15) is 14.9 Å². The van der Waals surface area contributed by atoms with Gasteiger partial charge in [0, 0.05) is 35.2 Å². The highest BCUT2D eigenvalue weighted by Crippen LogP contribution is 2.20. The van der Waals surface area contributed by atoms with E-state index in [0.717, 1.165) is 29.4 Å². The number of benzene rings is 2. The monoisotopic (exact) mass is 475 g/mol. The van der Waals surface area contributed by atoms with E-state index in [-0.39, 0.29) is 11.6 Å². The van der Waals surface area contributed by atoms with Gasteiger partial charge in [-0.1, -0.05) is 61.6 Å². The molecule has 1 saturated carbocycles. The molecule has 0 radical (unpaired) electrons. The second-order valence-corrected chi connectivity index (χ2v) is 9.78. The largest absolute Gasteiger partial charge is 0.353 e. The first-order chi connectivity index (χ1) is 15.5. The van der Waals surface area contributed by atoms with Gasteiger partial charge in [0.15, 0.2) is 0 Å². The SMILES string of the molecule is Cc1ccccc1.O=C(CCSCNSc1ccc([N+](=O)[O-])cc1)NC1CCCCCC1. The first kappa shape index (κ1) is 26.2. The third-order valence-corrected chi connectivity index (χ3v) is 6.85. The summed E-state index contributed by atoms with van der Waals surface area (Å²) in [6.45, 7) is 2.08. The van der Waals surface area contributed by atoms with Gasteiger partial charge < -0.3 is 5.32 Å². The summed E-state index contributed by atoms with van der Waals surface area (Å²) < 4.78 is 3.19. The maximum absolute atomic E-state index is 12.0. The fourth-order valence-corrected chi connectivity index (χ4v) is 4.77. The van der Waals surface area contributed by atoms with Gasteiger partial charge in [0.25, 0.3) is 5.69 Å². The number of nitrogens with one attached hydrogen (secondary N) is 2. The lowest BCUT2D eigenvalue weighted by molar-refractivity contribution is -0.384. The Hall–Kier alpha value is -2.03. The zero-order valence-electron chi connectivity index (χ0n) is 18.6. The number of thioether (sulfide) groups is 1. The Balaban J connectivity index is 0.000000439. The molecule has 3 rings (SSSR count). The Morgan fingerprint density at radius 2 is 1.69 bits per heavy atom. The van der Waals surface area contributed by atoms with E-state index in [2.05, 4.69) is 29.1 Å². The van der Waals surface area contributed by atoms with Crippen LogP contribution in [0.2, 0.25) is 0 Å². The number of aryl methyl sites for hydroxylation is 1. The summed E-state index contributed by atoms with van der Waals surface area (Å²) in [6.07, 6.45) is 7.82. The summed E-state index contributed by atoms with van der Waals surface area (Å²) in [5.74, 6) is 1.66. The summed E-state index contributed by atoms with van der Waals surface area (Å²) in [5, 5.41) is 13.7. The molecule has 1 fully saturated rings. The van der Waals surface area contributed by atoms with Crippen LogP contribution in [0.5, 0.6) is 0 Å². The Morgan fingerprint density at radius 3 is 2.25 bits per heavy atom. The van der Waals surface area contributed by atoms with Gasteiger partial charge in [0.1, 0.15) is 0 Å². The minimum absolute atomic E-state index is 0.0957. The van der Waals surface area contributed by atoms with Crippen molar-refractivity contribution in [3.05, 3.63) is 70.3 Å². The fraction of sp³-hybridized carbons (Fsp3) is 0.458. The number of nitrogens with zero attached hydrogens (tertiary/aromatic N) is 1. The first-order valence-corrected chi connectivity index (χ1v) is 13.0. The Morgan fingerprint density at radius 1 is 1.03 bits per heavy atom. The van der Waals surface area contributed by atoms with Gasteiger partial charge in [0.05, 0.1) is 10.8 Å². The highest BCUT2D eigenvalue weighted by atomic mass is 32.2. The van der Waals surface area contributed by atoms with E-state index in [0.29, 0.717) is 12.5 Å². The quantitative estimate of drug-likeness (QED) is 0.114. The lowest BCUT2D eigenvalue weighted by Gasteiger charge is -2.16. The minimum Gasteiger partial charge on any atom is -0.353 e. The van der Waals surface area contributed by atoms with Crippen molar-refractivity contribution in [3.63, 3.8) is 0 Å². The van der Waals surface area contributed by atoms with E-state index in [1.807, 2.05) is 18.2 Å². The van der Waals surface area contributed by atoms with Crippen LogP contribution in [0.15, 0.2) is 59.5 Å². The van der Waals surface area contributed by atoms with Gasteiger partial charge >= 0.3 is 0 Å². The molecule has 0 atom stereocenters. The Kier molecular flexibility index (Phi) is 12.9. The van der Waals surface area contributed by atoms with Crippen molar-refractivity contribution < 1.29 is 9.72 Å². The van der Waals surface area contributed by atoms with Crippen LogP contribution in [0.3, 0.4) is 0 Å². The van der Waals surface area contributed by atoms with Crippen molar-refractivity contribution in [1.82, 2.24) is 10.0 Å². The molecule has 32 heavy (non-hydrogen) atoms. The van der Waals surface area contributed by atoms with Crippen molar-refractivity contribution in [2.45, 2.75) is 62.8 Å². The van der Waals surface area contributed by atoms with Crippen LogP contribution in [0.25, 0.3) is 0 Å². The smallest absolute Gasteiger partial charge is 0.269 e. The molecule has 0 spiro atoms. The third kappa shape index (κ3) is 11.5. The summed E-state index contributed by atoms with van der Waals surface area (Å²) in [5.41, 5.74) is 1.42. The molecule has 2 aromatic rings. The summed E-state index contributed by atoms with van der Waals surface area (Å²) in [7, 11) is 0. The van der Waals surface area contributed by atoms with Crippen molar-refractivity contribution in [1.29, 1.82) is 0 Å². The van der Waals surface area contributed by atoms with Crippen LogP contribution in [-0.4, -0.2) is 28.5 Å². The maximum atomic E-state index is 12.0. The molecule has 1 aliphatic carbocycles. The predicted molar refractivity (Wildman–Crippen MR) is 135 cm³/mol. The molecule has 0 aliphatic heterocycles. The number of nitro groups is 1. The molecular weight excluding hydrogens is 442 g/mol. The van der Waals surface area contributed by atoms with E-state index in [1.165, 1.54) is 55.3 Å². The van der Waals surface area contributed by atoms with Gasteiger partial charge in [0.2, 0.25) is 5.91 Å². The van der Waals surface area contributed by atoms with E-state index in [4.69, 9.17) is 0 Å². The van der Waals surface area contributed by atoms with Crippen LogP contribution in [0.1, 0.15) is 50.5 Å². The second-order valence-electron chi connectivity index (χ2n) is 7.71. The lowest BCUT2D eigenvalue weighted by atomic mass is 10.1. The molecule has 0 aromatic heterocycles. The standard InChI is InChI=1S/C17H25N3O3S2.C7H8/c21-17(19-14-5-3-1-2-4-6-14)11-12-24-13-18-25-16-9-7-15(8-10-16)20(22)23;1-7-5-3-2-4-6-7/h7-10,14,18H,1-6,11-13H2,(H,19,21);2-6H,1H3. The van der Waals surface area contributed by atoms with Gasteiger partial charge in [-0.3, -0.25) is 14.9 Å². The number of rotatable bonds is 9. The van der Waals surface area contributed by atoms with Gasteiger partial charge in [-0.15, -0.1) is 11.8 Å². The van der Waals surface area contributed by atoms with Gasteiger partial charge in [-0.25, -0.2) is 4.72 Å². The zero-order chi connectivity index (χ0) is 23.0.